The van der Waals surface area contributed by atoms with Crippen LogP contribution >= 0.6 is 11.3 Å². The van der Waals surface area contributed by atoms with Gasteiger partial charge in [0, 0.05) is 23.5 Å². The lowest BCUT2D eigenvalue weighted by atomic mass is 10.3. The van der Waals surface area contributed by atoms with Crippen molar-refractivity contribution in [2.24, 2.45) is 0 Å². The van der Waals surface area contributed by atoms with Crippen molar-refractivity contribution >= 4 is 32.8 Å². The highest BCUT2D eigenvalue weighted by Crippen LogP contribution is 2.21. The zero-order chi connectivity index (χ0) is 13.4. The van der Waals surface area contributed by atoms with E-state index in [1.807, 2.05) is 22.2 Å². The molecule has 2 aromatic heterocycles. The second-order valence-electron chi connectivity index (χ2n) is 4.00. The molecule has 0 fully saturated rings. The summed E-state index contributed by atoms with van der Waals surface area (Å²) in [7, 11) is -1.40. The first-order valence-electron chi connectivity index (χ1n) is 5.48. The average molecular weight is 295 g/mol. The van der Waals surface area contributed by atoms with E-state index in [2.05, 4.69) is 4.98 Å². The van der Waals surface area contributed by atoms with Gasteiger partial charge in [0.1, 0.15) is 5.82 Å². The van der Waals surface area contributed by atoms with E-state index in [4.69, 9.17) is 5.73 Å². The van der Waals surface area contributed by atoms with Gasteiger partial charge >= 0.3 is 0 Å². The summed E-state index contributed by atoms with van der Waals surface area (Å²) in [5, 5.41) is 1.92. The molecule has 19 heavy (non-hydrogen) atoms. The molecule has 0 amide bonds. The van der Waals surface area contributed by atoms with Crippen LogP contribution in [0.1, 0.15) is 5.69 Å². The lowest BCUT2D eigenvalue weighted by Crippen LogP contribution is -2.01. The maximum Gasteiger partial charge on any atom is 0.193 e. The molecule has 0 radical (unpaired) electrons. The van der Waals surface area contributed by atoms with E-state index in [-0.39, 0.29) is 5.75 Å². The number of halogens is 1. The molecule has 0 saturated carbocycles. The van der Waals surface area contributed by atoms with E-state index in [0.717, 1.165) is 4.96 Å². The fourth-order valence-electron chi connectivity index (χ4n) is 1.76. The summed E-state index contributed by atoms with van der Waals surface area (Å²) in [4.78, 5) is 5.51. The second kappa shape index (κ2) is 4.75. The third-order valence-corrected chi connectivity index (χ3v) is 4.82. The normalized spacial score (nSPS) is 12.9. The van der Waals surface area contributed by atoms with Crippen LogP contribution in [0.4, 0.5) is 10.1 Å². The Morgan fingerprint density at radius 2 is 2.32 bits per heavy atom. The van der Waals surface area contributed by atoms with E-state index in [9.17, 15) is 8.60 Å². The van der Waals surface area contributed by atoms with Gasteiger partial charge in [-0.3, -0.25) is 8.61 Å². The number of imidazole rings is 1. The van der Waals surface area contributed by atoms with Gasteiger partial charge in [0.05, 0.1) is 27.1 Å². The first kappa shape index (κ1) is 12.3. The number of rotatable bonds is 3. The molecule has 0 saturated heterocycles. The number of nitrogens with zero attached hydrogens (tertiary/aromatic N) is 2. The molecule has 2 N–H and O–H groups in total. The minimum atomic E-state index is -1.40. The predicted molar refractivity (Wildman–Crippen MR) is 74.0 cm³/mol. The Bertz CT molecular complexity index is 737. The summed E-state index contributed by atoms with van der Waals surface area (Å²) in [6, 6.07) is 3.89. The molecule has 2 heterocycles. The van der Waals surface area contributed by atoms with Crippen LogP contribution in [0.3, 0.4) is 0 Å². The molecule has 0 bridgehead atoms. The van der Waals surface area contributed by atoms with Gasteiger partial charge in [0.2, 0.25) is 0 Å². The van der Waals surface area contributed by atoms with E-state index in [1.54, 1.807) is 0 Å². The third-order valence-electron chi connectivity index (χ3n) is 2.64. The summed E-state index contributed by atoms with van der Waals surface area (Å²) >= 11 is 1.50. The van der Waals surface area contributed by atoms with Gasteiger partial charge in [-0.15, -0.1) is 11.3 Å². The molecule has 1 aromatic carbocycles. The highest BCUT2D eigenvalue weighted by Gasteiger charge is 2.12. The molecule has 0 aliphatic carbocycles. The van der Waals surface area contributed by atoms with Gasteiger partial charge in [-0.25, -0.2) is 9.37 Å². The maximum atomic E-state index is 13.2. The van der Waals surface area contributed by atoms with Gasteiger partial charge in [-0.2, -0.15) is 0 Å². The lowest BCUT2D eigenvalue weighted by Gasteiger charge is -2.04. The second-order valence-corrected chi connectivity index (χ2v) is 6.29. The summed E-state index contributed by atoms with van der Waals surface area (Å²) in [5.41, 5.74) is 6.75. The van der Waals surface area contributed by atoms with E-state index < -0.39 is 16.6 Å². The SMILES string of the molecule is Nc1ccc(F)cc1S(=O)Cc1cn2ccsc2n1. The van der Waals surface area contributed by atoms with E-state index in [1.165, 1.54) is 29.5 Å². The number of aromatic nitrogens is 2. The maximum absolute atomic E-state index is 13.2. The zero-order valence-corrected chi connectivity index (χ0v) is 11.4. The zero-order valence-electron chi connectivity index (χ0n) is 9.75. The molecule has 98 valence electrons. The Morgan fingerprint density at radius 1 is 1.47 bits per heavy atom. The molecular formula is C12H10FN3OS2. The monoisotopic (exact) mass is 295 g/mol. The van der Waals surface area contributed by atoms with Gasteiger partial charge < -0.3 is 5.73 Å². The molecule has 3 rings (SSSR count). The number of hydrogen-bond donors (Lipinski definition) is 1. The van der Waals surface area contributed by atoms with Crippen molar-refractivity contribution in [1.29, 1.82) is 0 Å². The Morgan fingerprint density at radius 3 is 3.11 bits per heavy atom. The number of nitrogens with two attached hydrogens (primary N) is 1. The van der Waals surface area contributed by atoms with Crippen molar-refractivity contribution in [1.82, 2.24) is 9.38 Å². The highest BCUT2D eigenvalue weighted by atomic mass is 32.2. The van der Waals surface area contributed by atoms with Gasteiger partial charge in [-0.05, 0) is 18.2 Å². The molecular weight excluding hydrogens is 285 g/mol. The first-order chi connectivity index (χ1) is 9.13. The molecule has 3 aromatic rings. The standard InChI is InChI=1S/C12H10FN3OS2/c13-8-1-2-10(14)11(5-8)19(17)7-9-6-16-3-4-18-12(16)15-9/h1-6H,7,14H2. The lowest BCUT2D eigenvalue weighted by molar-refractivity contribution is 0.623. The molecule has 4 nitrogen and oxygen atoms in total. The fraction of sp³-hybridized carbons (Fsp3) is 0.0833. The Hall–Kier alpha value is -1.73. The molecule has 0 spiro atoms. The van der Waals surface area contributed by atoms with Crippen LogP contribution in [-0.2, 0) is 16.6 Å². The molecule has 0 aliphatic heterocycles. The molecule has 1 unspecified atom stereocenters. The predicted octanol–water partition coefficient (Wildman–Crippen LogP) is 2.42. The van der Waals surface area contributed by atoms with Crippen molar-refractivity contribution in [2.75, 3.05) is 5.73 Å². The number of benzene rings is 1. The van der Waals surface area contributed by atoms with Gasteiger partial charge in [-0.1, -0.05) is 0 Å². The minimum Gasteiger partial charge on any atom is -0.398 e. The average Bonchev–Trinajstić information content (AvgIpc) is 2.92. The number of hydrogen-bond acceptors (Lipinski definition) is 4. The van der Waals surface area contributed by atoms with Crippen LogP contribution in [0.2, 0.25) is 0 Å². The quantitative estimate of drug-likeness (QED) is 0.755. The van der Waals surface area contributed by atoms with Crippen LogP contribution in [0, 0.1) is 5.82 Å². The topological polar surface area (TPSA) is 60.4 Å². The van der Waals surface area contributed by atoms with Crippen LogP contribution in [0.5, 0.6) is 0 Å². The smallest absolute Gasteiger partial charge is 0.193 e. The highest BCUT2D eigenvalue weighted by molar-refractivity contribution is 7.84. The summed E-state index contributed by atoms with van der Waals surface area (Å²) in [5.74, 6) is -0.217. The van der Waals surface area contributed by atoms with Crippen LogP contribution in [0.25, 0.3) is 4.96 Å². The van der Waals surface area contributed by atoms with Crippen LogP contribution in [-0.4, -0.2) is 13.6 Å². The van der Waals surface area contributed by atoms with E-state index >= 15 is 0 Å². The molecule has 0 aliphatic rings. The fourth-order valence-corrected chi connectivity index (χ4v) is 3.62. The largest absolute Gasteiger partial charge is 0.398 e. The van der Waals surface area contributed by atoms with Crippen molar-refractivity contribution in [2.45, 2.75) is 10.6 Å². The molecule has 7 heteroatoms. The van der Waals surface area contributed by atoms with Crippen molar-refractivity contribution in [3.63, 3.8) is 0 Å². The van der Waals surface area contributed by atoms with Crippen molar-refractivity contribution in [3.8, 4) is 0 Å². The van der Waals surface area contributed by atoms with E-state index in [0.29, 0.717) is 16.3 Å². The van der Waals surface area contributed by atoms with Crippen LogP contribution < -0.4 is 5.73 Å². The van der Waals surface area contributed by atoms with Crippen molar-refractivity contribution in [3.05, 3.63) is 47.5 Å². The summed E-state index contributed by atoms with van der Waals surface area (Å²) in [6.07, 6.45) is 3.70. The summed E-state index contributed by atoms with van der Waals surface area (Å²) in [6.45, 7) is 0. The van der Waals surface area contributed by atoms with Crippen molar-refractivity contribution < 1.29 is 8.60 Å². The minimum absolute atomic E-state index is 0.224. The van der Waals surface area contributed by atoms with Gasteiger partial charge in [0.15, 0.2) is 4.96 Å². The van der Waals surface area contributed by atoms with Gasteiger partial charge in [0.25, 0.3) is 0 Å². The first-order valence-corrected chi connectivity index (χ1v) is 7.68. The Labute approximate surface area is 115 Å². The number of thiazole rings is 1. The molecule has 1 atom stereocenters. The number of fused-ring (bicyclic) bond motifs is 1. The Balaban J connectivity index is 1.88. The number of anilines is 1. The number of nitrogen functional groups attached to an aromatic ring is 1. The van der Waals surface area contributed by atoms with Crippen LogP contribution in [0.15, 0.2) is 40.9 Å². The Kier molecular flexibility index (Phi) is 3.08. The third kappa shape index (κ3) is 2.39. The summed E-state index contributed by atoms with van der Waals surface area (Å²) < 4.78 is 27.2.